The normalized spacial score (nSPS) is 11.7. The zero-order valence-electron chi connectivity index (χ0n) is 16.5. The number of anilines is 1. The zero-order chi connectivity index (χ0) is 19.6. The Labute approximate surface area is 161 Å². The van der Waals surface area contributed by atoms with E-state index in [4.69, 9.17) is 9.47 Å². The number of hydrogen-bond donors (Lipinski definition) is 2. The van der Waals surface area contributed by atoms with Crippen LogP contribution >= 0.6 is 0 Å². The molecule has 0 aromatic heterocycles. The number of urea groups is 1. The van der Waals surface area contributed by atoms with Crippen molar-refractivity contribution in [3.05, 3.63) is 54.1 Å². The summed E-state index contributed by atoms with van der Waals surface area (Å²) in [4.78, 5) is 14.5. The molecule has 0 aliphatic rings. The topological polar surface area (TPSA) is 62.8 Å². The van der Waals surface area contributed by atoms with Crippen molar-refractivity contribution in [3.8, 4) is 11.5 Å². The number of methoxy groups -OCH3 is 1. The summed E-state index contributed by atoms with van der Waals surface area (Å²) in [7, 11) is 5.61. The third kappa shape index (κ3) is 6.18. The van der Waals surface area contributed by atoms with Gasteiger partial charge in [0.2, 0.25) is 0 Å². The van der Waals surface area contributed by atoms with Crippen LogP contribution in [0.5, 0.6) is 11.5 Å². The van der Waals surface area contributed by atoms with Gasteiger partial charge in [0, 0.05) is 6.54 Å². The first-order chi connectivity index (χ1) is 13.0. The lowest BCUT2D eigenvalue weighted by molar-refractivity contribution is 0.243. The van der Waals surface area contributed by atoms with Gasteiger partial charge < -0.3 is 25.0 Å². The summed E-state index contributed by atoms with van der Waals surface area (Å²) in [5, 5.41) is 5.81. The van der Waals surface area contributed by atoms with Crippen LogP contribution in [0.2, 0.25) is 0 Å². The molecule has 0 saturated heterocycles. The van der Waals surface area contributed by atoms with Gasteiger partial charge in [-0.1, -0.05) is 31.2 Å². The Morgan fingerprint density at radius 3 is 2.63 bits per heavy atom. The van der Waals surface area contributed by atoms with E-state index < -0.39 is 0 Å². The number of carbonyl (C=O) groups is 1. The number of amides is 2. The van der Waals surface area contributed by atoms with E-state index >= 15 is 0 Å². The summed E-state index contributed by atoms with van der Waals surface area (Å²) >= 11 is 0. The van der Waals surface area contributed by atoms with E-state index in [9.17, 15) is 4.79 Å². The van der Waals surface area contributed by atoms with Crippen LogP contribution in [0.15, 0.2) is 48.5 Å². The van der Waals surface area contributed by atoms with Crippen LogP contribution in [0.4, 0.5) is 10.5 Å². The summed E-state index contributed by atoms with van der Waals surface area (Å²) in [6, 6.07) is 15.1. The number of benzene rings is 2. The summed E-state index contributed by atoms with van der Waals surface area (Å²) in [5.41, 5.74) is 1.73. The Morgan fingerprint density at radius 2 is 1.93 bits per heavy atom. The Balaban J connectivity index is 2.00. The average molecular weight is 371 g/mol. The molecule has 0 saturated carbocycles. The highest BCUT2D eigenvalue weighted by Gasteiger charge is 2.16. The number of ether oxygens (including phenoxy) is 2. The molecule has 6 nitrogen and oxygen atoms in total. The number of rotatable bonds is 9. The molecule has 0 radical (unpaired) electrons. The van der Waals surface area contributed by atoms with Crippen LogP contribution in [-0.4, -0.2) is 45.3 Å². The number of likely N-dealkylation sites (N-methyl/N-ethyl adjacent to an activating group) is 1. The van der Waals surface area contributed by atoms with Gasteiger partial charge in [0.15, 0.2) is 0 Å². The van der Waals surface area contributed by atoms with Gasteiger partial charge in [-0.15, -0.1) is 0 Å². The first kappa shape index (κ1) is 20.6. The van der Waals surface area contributed by atoms with Crippen molar-refractivity contribution in [1.29, 1.82) is 0 Å². The number of para-hydroxylation sites is 2. The molecule has 0 aliphatic heterocycles. The van der Waals surface area contributed by atoms with E-state index in [1.165, 1.54) is 0 Å². The first-order valence-electron chi connectivity index (χ1n) is 9.12. The molecule has 0 fully saturated rings. The predicted octanol–water partition coefficient (Wildman–Crippen LogP) is 3.91. The van der Waals surface area contributed by atoms with Gasteiger partial charge in [-0.3, -0.25) is 0 Å². The minimum absolute atomic E-state index is 0.0254. The summed E-state index contributed by atoms with van der Waals surface area (Å²) in [6.07, 6.45) is 0.908. The molecule has 1 atom stereocenters. The van der Waals surface area contributed by atoms with Gasteiger partial charge in [0.1, 0.15) is 11.5 Å². The molecule has 0 bridgehead atoms. The predicted molar refractivity (Wildman–Crippen MR) is 109 cm³/mol. The zero-order valence-corrected chi connectivity index (χ0v) is 16.5. The molecule has 146 valence electrons. The fraction of sp³-hybridized carbons (Fsp3) is 0.381. The lowest BCUT2D eigenvalue weighted by Gasteiger charge is -2.25. The molecule has 2 aromatic carbocycles. The van der Waals surface area contributed by atoms with Crippen LogP contribution in [0.1, 0.15) is 24.9 Å². The number of nitrogens with zero attached hydrogens (tertiary/aromatic N) is 1. The van der Waals surface area contributed by atoms with E-state index in [-0.39, 0.29) is 12.1 Å². The quantitative estimate of drug-likeness (QED) is 0.702. The SMILES string of the molecule is CCCOc1ccccc1NC(=O)NCC(c1cccc(OC)c1)N(C)C. The van der Waals surface area contributed by atoms with Gasteiger partial charge >= 0.3 is 6.03 Å². The first-order valence-corrected chi connectivity index (χ1v) is 9.12. The maximum Gasteiger partial charge on any atom is 0.319 e. The molecule has 0 heterocycles. The van der Waals surface area contributed by atoms with Crippen LogP contribution in [0.25, 0.3) is 0 Å². The van der Waals surface area contributed by atoms with Gasteiger partial charge in [0.25, 0.3) is 0 Å². The van der Waals surface area contributed by atoms with Crippen LogP contribution in [0, 0.1) is 0 Å². The molecule has 2 rings (SSSR count). The maximum absolute atomic E-state index is 12.4. The van der Waals surface area contributed by atoms with E-state index in [0.717, 1.165) is 17.7 Å². The van der Waals surface area contributed by atoms with E-state index in [2.05, 4.69) is 15.5 Å². The van der Waals surface area contributed by atoms with Crippen LogP contribution in [0.3, 0.4) is 0 Å². The minimum atomic E-state index is -0.266. The molecule has 2 N–H and O–H groups in total. The number of nitrogens with one attached hydrogen (secondary N) is 2. The molecule has 27 heavy (non-hydrogen) atoms. The van der Waals surface area contributed by atoms with Crippen molar-refractivity contribution in [3.63, 3.8) is 0 Å². The number of hydrogen-bond acceptors (Lipinski definition) is 4. The second kappa shape index (κ2) is 10.4. The third-order valence-electron chi connectivity index (χ3n) is 4.15. The van der Waals surface area contributed by atoms with Gasteiger partial charge in [-0.25, -0.2) is 4.79 Å². The summed E-state index contributed by atoms with van der Waals surface area (Å²) < 4.78 is 11.0. The standard InChI is InChI=1S/C21H29N3O3/c1-5-13-27-20-12-7-6-11-18(20)23-21(25)22-15-19(24(2)3)16-9-8-10-17(14-16)26-4/h6-12,14,19H,5,13,15H2,1-4H3,(H2,22,23,25). The third-order valence-corrected chi connectivity index (χ3v) is 4.15. The molecule has 1 unspecified atom stereocenters. The fourth-order valence-corrected chi connectivity index (χ4v) is 2.71. The van der Waals surface area contributed by atoms with Crippen molar-refractivity contribution >= 4 is 11.7 Å². The lowest BCUT2D eigenvalue weighted by Crippen LogP contribution is -2.37. The second-order valence-electron chi connectivity index (χ2n) is 6.44. The van der Waals surface area contributed by atoms with Crippen molar-refractivity contribution in [2.75, 3.05) is 39.7 Å². The summed E-state index contributed by atoms with van der Waals surface area (Å²) in [6.45, 7) is 3.12. The molecular weight excluding hydrogens is 342 g/mol. The Kier molecular flexibility index (Phi) is 7.95. The molecule has 6 heteroatoms. The van der Waals surface area contributed by atoms with Gasteiger partial charge in [0.05, 0.1) is 25.4 Å². The Hall–Kier alpha value is -2.73. The molecule has 0 spiro atoms. The Morgan fingerprint density at radius 1 is 1.15 bits per heavy atom. The summed E-state index contributed by atoms with van der Waals surface area (Å²) in [5.74, 6) is 1.47. The smallest absolute Gasteiger partial charge is 0.319 e. The highest BCUT2D eigenvalue weighted by Crippen LogP contribution is 2.24. The Bertz CT molecular complexity index is 734. The lowest BCUT2D eigenvalue weighted by atomic mass is 10.1. The average Bonchev–Trinajstić information content (AvgIpc) is 2.67. The molecule has 0 aliphatic carbocycles. The number of carbonyl (C=O) groups excluding carboxylic acids is 1. The van der Waals surface area contributed by atoms with E-state index in [1.54, 1.807) is 7.11 Å². The van der Waals surface area contributed by atoms with Crippen LogP contribution < -0.4 is 20.1 Å². The van der Waals surface area contributed by atoms with Gasteiger partial charge in [-0.05, 0) is 50.3 Å². The van der Waals surface area contributed by atoms with Gasteiger partial charge in [-0.2, -0.15) is 0 Å². The largest absolute Gasteiger partial charge is 0.497 e. The molecular formula is C21H29N3O3. The highest BCUT2D eigenvalue weighted by molar-refractivity contribution is 5.90. The van der Waals surface area contributed by atoms with E-state index in [1.807, 2.05) is 69.6 Å². The van der Waals surface area contributed by atoms with Crippen molar-refractivity contribution in [1.82, 2.24) is 10.2 Å². The molecule has 2 aromatic rings. The fourth-order valence-electron chi connectivity index (χ4n) is 2.71. The minimum Gasteiger partial charge on any atom is -0.497 e. The van der Waals surface area contributed by atoms with Crippen molar-refractivity contribution in [2.45, 2.75) is 19.4 Å². The monoisotopic (exact) mass is 371 g/mol. The van der Waals surface area contributed by atoms with Crippen molar-refractivity contribution in [2.24, 2.45) is 0 Å². The molecule has 2 amide bonds. The second-order valence-corrected chi connectivity index (χ2v) is 6.44. The van der Waals surface area contributed by atoms with Crippen molar-refractivity contribution < 1.29 is 14.3 Å². The van der Waals surface area contributed by atoms with Crippen LogP contribution in [-0.2, 0) is 0 Å². The highest BCUT2D eigenvalue weighted by atomic mass is 16.5. The maximum atomic E-state index is 12.4. The van der Waals surface area contributed by atoms with E-state index in [0.29, 0.717) is 24.6 Å².